The Labute approximate surface area is 108 Å². The van der Waals surface area contributed by atoms with Gasteiger partial charge in [0, 0.05) is 6.54 Å². The molecule has 0 aromatic carbocycles. The van der Waals surface area contributed by atoms with E-state index in [-0.39, 0.29) is 11.4 Å². The SMILES string of the molecule is Clc1nc(NCC2COCCO2)c2cn[nH]c2n1. The summed E-state index contributed by atoms with van der Waals surface area (Å²) in [4.78, 5) is 8.18. The Balaban J connectivity index is 1.75. The molecule has 2 aromatic heterocycles. The van der Waals surface area contributed by atoms with Crippen LogP contribution in [0, 0.1) is 0 Å². The predicted octanol–water partition coefficient (Wildman–Crippen LogP) is 0.834. The maximum Gasteiger partial charge on any atom is 0.226 e. The van der Waals surface area contributed by atoms with Gasteiger partial charge in [0.15, 0.2) is 5.65 Å². The first-order valence-corrected chi connectivity index (χ1v) is 6.00. The zero-order valence-corrected chi connectivity index (χ0v) is 10.3. The number of hydrogen-bond donors (Lipinski definition) is 2. The number of fused-ring (bicyclic) bond motifs is 1. The van der Waals surface area contributed by atoms with E-state index in [2.05, 4.69) is 25.5 Å². The molecule has 0 saturated carbocycles. The molecule has 0 amide bonds. The van der Waals surface area contributed by atoms with Crippen molar-refractivity contribution < 1.29 is 9.47 Å². The summed E-state index contributed by atoms with van der Waals surface area (Å²) in [6.45, 7) is 2.47. The van der Waals surface area contributed by atoms with E-state index in [0.29, 0.717) is 37.8 Å². The maximum atomic E-state index is 5.84. The minimum Gasteiger partial charge on any atom is -0.376 e. The van der Waals surface area contributed by atoms with Crippen LogP contribution in [0.15, 0.2) is 6.20 Å². The lowest BCUT2D eigenvalue weighted by molar-refractivity contribution is -0.0819. The van der Waals surface area contributed by atoms with Gasteiger partial charge in [-0.3, -0.25) is 5.10 Å². The summed E-state index contributed by atoms with van der Waals surface area (Å²) in [7, 11) is 0. The van der Waals surface area contributed by atoms with Crippen LogP contribution >= 0.6 is 11.6 Å². The standard InChI is InChI=1S/C10H12ClN5O2/c11-10-14-8(7-4-13-16-9(7)15-10)12-3-6-5-17-1-2-18-6/h4,6H,1-3,5H2,(H2,12,13,14,15,16). The van der Waals surface area contributed by atoms with Gasteiger partial charge in [0.25, 0.3) is 0 Å². The maximum absolute atomic E-state index is 5.84. The second kappa shape index (κ2) is 5.05. The largest absolute Gasteiger partial charge is 0.376 e. The summed E-state index contributed by atoms with van der Waals surface area (Å²) in [6.07, 6.45) is 1.68. The normalized spacial score (nSPS) is 20.2. The number of nitrogens with zero attached hydrogens (tertiary/aromatic N) is 3. The Kier molecular flexibility index (Phi) is 3.26. The van der Waals surface area contributed by atoms with Crippen molar-refractivity contribution in [3.63, 3.8) is 0 Å². The lowest BCUT2D eigenvalue weighted by Gasteiger charge is -2.23. The first-order valence-electron chi connectivity index (χ1n) is 5.63. The van der Waals surface area contributed by atoms with Crippen molar-refractivity contribution in [2.24, 2.45) is 0 Å². The molecule has 96 valence electrons. The van der Waals surface area contributed by atoms with Crippen molar-refractivity contribution in [3.8, 4) is 0 Å². The zero-order valence-electron chi connectivity index (χ0n) is 9.52. The third-order valence-corrected chi connectivity index (χ3v) is 2.83. The molecule has 8 heteroatoms. The number of hydrogen-bond acceptors (Lipinski definition) is 6. The highest BCUT2D eigenvalue weighted by atomic mass is 35.5. The van der Waals surface area contributed by atoms with Crippen LogP contribution in [0.3, 0.4) is 0 Å². The molecule has 0 aliphatic carbocycles. The number of nitrogens with one attached hydrogen (secondary N) is 2. The topological polar surface area (TPSA) is 85.0 Å². The van der Waals surface area contributed by atoms with Crippen molar-refractivity contribution in [1.29, 1.82) is 0 Å². The number of aromatic amines is 1. The third-order valence-electron chi connectivity index (χ3n) is 2.66. The number of aromatic nitrogens is 4. The highest BCUT2D eigenvalue weighted by molar-refractivity contribution is 6.28. The summed E-state index contributed by atoms with van der Waals surface area (Å²) in [6, 6.07) is 0. The molecule has 7 nitrogen and oxygen atoms in total. The van der Waals surface area contributed by atoms with E-state index in [1.54, 1.807) is 6.20 Å². The van der Waals surface area contributed by atoms with E-state index in [1.165, 1.54) is 0 Å². The minimum absolute atomic E-state index is 0.0226. The van der Waals surface area contributed by atoms with Crippen molar-refractivity contribution >= 4 is 28.5 Å². The second-order valence-corrected chi connectivity index (χ2v) is 4.26. The van der Waals surface area contributed by atoms with E-state index < -0.39 is 0 Å². The van der Waals surface area contributed by atoms with E-state index in [4.69, 9.17) is 21.1 Å². The van der Waals surface area contributed by atoms with Gasteiger partial charge in [-0.05, 0) is 11.6 Å². The molecule has 3 rings (SSSR count). The van der Waals surface area contributed by atoms with Gasteiger partial charge < -0.3 is 14.8 Å². The van der Waals surface area contributed by atoms with E-state index in [9.17, 15) is 0 Å². The number of halogens is 1. The highest BCUT2D eigenvalue weighted by Gasteiger charge is 2.15. The lowest BCUT2D eigenvalue weighted by Crippen LogP contribution is -2.34. The summed E-state index contributed by atoms with van der Waals surface area (Å²) >= 11 is 5.84. The average molecular weight is 270 g/mol. The van der Waals surface area contributed by atoms with Gasteiger partial charge in [0.2, 0.25) is 5.28 Å². The molecule has 1 saturated heterocycles. The van der Waals surface area contributed by atoms with Gasteiger partial charge in [-0.1, -0.05) is 0 Å². The quantitative estimate of drug-likeness (QED) is 0.803. The van der Waals surface area contributed by atoms with Gasteiger partial charge in [0.05, 0.1) is 37.5 Å². The molecule has 18 heavy (non-hydrogen) atoms. The molecular formula is C10H12ClN5O2. The summed E-state index contributed by atoms with van der Waals surface area (Å²) in [5.41, 5.74) is 0.610. The Bertz CT molecular complexity index is 540. The number of rotatable bonds is 3. The molecule has 2 N–H and O–H groups in total. The van der Waals surface area contributed by atoms with Gasteiger partial charge in [-0.2, -0.15) is 15.1 Å². The highest BCUT2D eigenvalue weighted by Crippen LogP contribution is 2.20. The van der Waals surface area contributed by atoms with Gasteiger partial charge in [-0.15, -0.1) is 0 Å². The first-order chi connectivity index (χ1) is 8.83. The molecule has 3 heterocycles. The Morgan fingerprint density at radius 3 is 3.22 bits per heavy atom. The predicted molar refractivity (Wildman–Crippen MR) is 65.7 cm³/mol. The number of anilines is 1. The fourth-order valence-electron chi connectivity index (χ4n) is 1.81. The molecule has 1 fully saturated rings. The molecule has 0 radical (unpaired) electrons. The Hall–Kier alpha value is -1.44. The van der Waals surface area contributed by atoms with Crippen LogP contribution in [0.4, 0.5) is 5.82 Å². The van der Waals surface area contributed by atoms with Crippen molar-refractivity contribution in [2.45, 2.75) is 6.10 Å². The van der Waals surface area contributed by atoms with Crippen LogP contribution in [0.25, 0.3) is 11.0 Å². The summed E-state index contributed by atoms with van der Waals surface area (Å²) in [5, 5.41) is 10.8. The number of ether oxygens (including phenoxy) is 2. The summed E-state index contributed by atoms with van der Waals surface area (Å²) in [5.74, 6) is 0.646. The van der Waals surface area contributed by atoms with Crippen LogP contribution in [0.5, 0.6) is 0 Å². The fraction of sp³-hybridized carbons (Fsp3) is 0.500. The molecule has 2 aromatic rings. The summed E-state index contributed by atoms with van der Waals surface area (Å²) < 4.78 is 10.9. The van der Waals surface area contributed by atoms with Crippen LogP contribution in [-0.2, 0) is 9.47 Å². The molecule has 1 unspecified atom stereocenters. The first kappa shape index (κ1) is 11.6. The monoisotopic (exact) mass is 269 g/mol. The van der Waals surface area contributed by atoms with Gasteiger partial charge in [0.1, 0.15) is 5.82 Å². The molecule has 1 aliphatic rings. The van der Waals surface area contributed by atoms with Gasteiger partial charge in [-0.25, -0.2) is 0 Å². The van der Waals surface area contributed by atoms with Crippen molar-refractivity contribution in [2.75, 3.05) is 31.7 Å². The van der Waals surface area contributed by atoms with Crippen molar-refractivity contribution in [1.82, 2.24) is 20.2 Å². The average Bonchev–Trinajstić information content (AvgIpc) is 2.85. The Morgan fingerprint density at radius 1 is 1.44 bits per heavy atom. The van der Waals surface area contributed by atoms with E-state index in [1.807, 2.05) is 0 Å². The fourth-order valence-corrected chi connectivity index (χ4v) is 1.98. The van der Waals surface area contributed by atoms with Crippen LogP contribution in [0.2, 0.25) is 5.28 Å². The van der Waals surface area contributed by atoms with Gasteiger partial charge >= 0.3 is 0 Å². The van der Waals surface area contributed by atoms with Crippen LogP contribution in [-0.4, -0.2) is 52.6 Å². The molecule has 0 bridgehead atoms. The third kappa shape index (κ3) is 2.38. The van der Waals surface area contributed by atoms with Crippen LogP contribution in [0.1, 0.15) is 0 Å². The molecular weight excluding hydrogens is 258 g/mol. The molecule has 1 aliphatic heterocycles. The van der Waals surface area contributed by atoms with Crippen LogP contribution < -0.4 is 5.32 Å². The lowest BCUT2D eigenvalue weighted by atomic mass is 10.3. The molecule has 0 spiro atoms. The van der Waals surface area contributed by atoms with Crippen molar-refractivity contribution in [3.05, 3.63) is 11.5 Å². The number of H-pyrrole nitrogens is 1. The minimum atomic E-state index is 0.0226. The zero-order chi connectivity index (χ0) is 12.4. The van der Waals surface area contributed by atoms with E-state index in [0.717, 1.165) is 5.39 Å². The second-order valence-electron chi connectivity index (χ2n) is 3.92. The Morgan fingerprint density at radius 2 is 2.39 bits per heavy atom. The molecule has 1 atom stereocenters. The smallest absolute Gasteiger partial charge is 0.226 e. The van der Waals surface area contributed by atoms with E-state index >= 15 is 0 Å².